The van der Waals surface area contributed by atoms with E-state index < -0.39 is 41.9 Å². The molecule has 8 rings (SSSR count). The summed E-state index contributed by atoms with van der Waals surface area (Å²) in [5, 5.41) is 9.80. The molecule has 2 aliphatic heterocycles. The summed E-state index contributed by atoms with van der Waals surface area (Å²) in [6.45, 7) is 0.909. The molecule has 2 aromatic heterocycles. The number of hydrogen-bond acceptors (Lipinski definition) is 6. The number of hydrogen-bond donors (Lipinski definition) is 3. The van der Waals surface area contributed by atoms with Gasteiger partial charge in [-0.3, -0.25) is 19.4 Å². The summed E-state index contributed by atoms with van der Waals surface area (Å²) >= 11 is 0. The third-order valence-corrected chi connectivity index (χ3v) is 12.0. The van der Waals surface area contributed by atoms with Crippen molar-refractivity contribution in [3.63, 3.8) is 0 Å². The average molecular weight is 845 g/mol. The minimum Gasteiger partial charge on any atom is -0.465 e. The molecule has 4 aromatic carbocycles. The molecule has 4 atom stereocenters. The number of imidazole rings is 2. The molecule has 1 unspecified atom stereocenters. The van der Waals surface area contributed by atoms with Gasteiger partial charge in [-0.2, -0.15) is 13.2 Å². The number of nitrogens with one attached hydrogen (secondary N) is 2. The maximum absolute atomic E-state index is 14.0. The van der Waals surface area contributed by atoms with Crippen LogP contribution in [0.5, 0.6) is 0 Å². The first-order valence-electron chi connectivity index (χ1n) is 20.6. The summed E-state index contributed by atoms with van der Waals surface area (Å²) in [5.74, 6) is 0.545. The van der Waals surface area contributed by atoms with Gasteiger partial charge in [-0.05, 0) is 79.2 Å². The molecule has 4 heterocycles. The molecule has 15 heteroatoms. The Balaban J connectivity index is 0.940. The number of halogens is 3. The molecule has 0 radical (unpaired) electrons. The third kappa shape index (κ3) is 8.32. The second-order valence-corrected chi connectivity index (χ2v) is 16.1. The first kappa shape index (κ1) is 42.0. The Morgan fingerprint density at radius 1 is 0.661 bits per heavy atom. The Morgan fingerprint density at radius 2 is 1.11 bits per heavy atom. The second-order valence-electron chi connectivity index (χ2n) is 16.1. The van der Waals surface area contributed by atoms with E-state index in [1.165, 1.54) is 30.1 Å². The van der Waals surface area contributed by atoms with Crippen LogP contribution in [-0.2, 0) is 15.8 Å². The Morgan fingerprint density at radius 3 is 1.58 bits per heavy atom. The van der Waals surface area contributed by atoms with Gasteiger partial charge in [-0.1, -0.05) is 97.1 Å². The molecular formula is C47H47F3N8O4. The number of aromatic nitrogens is 4. The van der Waals surface area contributed by atoms with Gasteiger partial charge in [0.15, 0.2) is 0 Å². The van der Waals surface area contributed by atoms with Crippen LogP contribution in [0, 0.1) is 0 Å². The van der Waals surface area contributed by atoms with Crippen LogP contribution < -0.4 is 0 Å². The molecule has 2 saturated heterocycles. The van der Waals surface area contributed by atoms with Crippen LogP contribution in [0.15, 0.2) is 116 Å². The van der Waals surface area contributed by atoms with Crippen molar-refractivity contribution in [2.45, 2.75) is 56.0 Å². The first-order valence-corrected chi connectivity index (χ1v) is 20.6. The summed E-state index contributed by atoms with van der Waals surface area (Å²) in [6.07, 6.45) is 0.493. The third-order valence-electron chi connectivity index (χ3n) is 12.0. The molecule has 3 N–H and O–H groups in total. The highest BCUT2D eigenvalue weighted by molar-refractivity contribution is 5.87. The SMILES string of the molecule is CN(C)C(C(=O)N1CCC[C@H]1c1ncc(-c2ccc(-c3ccc(-c4cnc([C@@H]5CCCN5C(=O)[C@@H](c5ccccc5)N(C)C(=O)O)[nH]4)cc3)cc2)[nH]1)c1ccccc1C(F)(F)F. The van der Waals surface area contributed by atoms with Crippen LogP contribution in [0.4, 0.5) is 18.0 Å². The van der Waals surface area contributed by atoms with Crippen LogP contribution >= 0.6 is 0 Å². The smallest absolute Gasteiger partial charge is 0.416 e. The van der Waals surface area contributed by atoms with E-state index in [1.54, 1.807) is 60.6 Å². The average Bonchev–Trinajstić information content (AvgIpc) is 4.11. The number of rotatable bonds is 11. The number of carbonyl (C=O) groups is 3. The van der Waals surface area contributed by atoms with Crippen LogP contribution in [0.25, 0.3) is 33.6 Å². The highest BCUT2D eigenvalue weighted by atomic mass is 19.4. The Hall–Kier alpha value is -6.74. The van der Waals surface area contributed by atoms with E-state index in [4.69, 9.17) is 0 Å². The van der Waals surface area contributed by atoms with Gasteiger partial charge in [0.25, 0.3) is 5.91 Å². The molecule has 62 heavy (non-hydrogen) atoms. The van der Waals surface area contributed by atoms with Crippen molar-refractivity contribution < 1.29 is 32.7 Å². The van der Waals surface area contributed by atoms with Gasteiger partial charge in [0.2, 0.25) is 5.91 Å². The zero-order valence-corrected chi connectivity index (χ0v) is 34.5. The van der Waals surface area contributed by atoms with Gasteiger partial charge < -0.3 is 24.9 Å². The van der Waals surface area contributed by atoms with Gasteiger partial charge >= 0.3 is 12.3 Å². The number of alkyl halides is 3. The van der Waals surface area contributed by atoms with Crippen molar-refractivity contribution >= 4 is 17.9 Å². The topological polar surface area (TPSA) is 142 Å². The number of nitrogens with zero attached hydrogens (tertiary/aromatic N) is 6. The van der Waals surface area contributed by atoms with Gasteiger partial charge in [0.05, 0.1) is 41.4 Å². The van der Waals surface area contributed by atoms with Gasteiger partial charge in [0.1, 0.15) is 23.7 Å². The number of likely N-dealkylation sites (tertiary alicyclic amines) is 2. The van der Waals surface area contributed by atoms with Gasteiger partial charge in [-0.15, -0.1) is 0 Å². The van der Waals surface area contributed by atoms with E-state index >= 15 is 0 Å². The molecule has 0 aliphatic carbocycles. The molecule has 0 saturated carbocycles. The van der Waals surface area contributed by atoms with E-state index in [0.29, 0.717) is 49.6 Å². The minimum absolute atomic E-state index is 0.0745. The van der Waals surface area contributed by atoms with Crippen molar-refractivity contribution in [1.29, 1.82) is 0 Å². The van der Waals surface area contributed by atoms with Crippen molar-refractivity contribution in [3.05, 3.63) is 144 Å². The fraction of sp³-hybridized carbons (Fsp3) is 0.298. The monoisotopic (exact) mass is 844 g/mol. The minimum atomic E-state index is -4.60. The normalized spacial score (nSPS) is 17.7. The lowest BCUT2D eigenvalue weighted by molar-refractivity contribution is -0.142. The van der Waals surface area contributed by atoms with E-state index in [-0.39, 0.29) is 17.5 Å². The molecule has 3 amide bonds. The summed E-state index contributed by atoms with van der Waals surface area (Å²) < 4.78 is 42.0. The fourth-order valence-corrected chi connectivity index (χ4v) is 8.84. The maximum Gasteiger partial charge on any atom is 0.416 e. The molecular weight excluding hydrogens is 798 g/mol. The zero-order valence-electron chi connectivity index (χ0n) is 34.5. The highest BCUT2D eigenvalue weighted by Crippen LogP contribution is 2.40. The predicted octanol–water partition coefficient (Wildman–Crippen LogP) is 9.13. The van der Waals surface area contributed by atoms with Crippen molar-refractivity contribution in [1.82, 2.24) is 39.5 Å². The lowest BCUT2D eigenvalue weighted by atomic mass is 9.97. The van der Waals surface area contributed by atoms with Crippen molar-refractivity contribution in [2.75, 3.05) is 34.2 Å². The molecule has 0 bridgehead atoms. The van der Waals surface area contributed by atoms with Crippen molar-refractivity contribution in [2.24, 2.45) is 0 Å². The molecule has 0 spiro atoms. The predicted molar refractivity (Wildman–Crippen MR) is 227 cm³/mol. The van der Waals surface area contributed by atoms with Gasteiger partial charge in [0, 0.05) is 20.1 Å². The van der Waals surface area contributed by atoms with Crippen LogP contribution in [0.3, 0.4) is 0 Å². The zero-order chi connectivity index (χ0) is 43.7. The van der Waals surface area contributed by atoms with Crippen LogP contribution in [0.2, 0.25) is 0 Å². The Labute approximate surface area is 357 Å². The quantitative estimate of drug-likeness (QED) is 0.118. The van der Waals surface area contributed by atoms with Gasteiger partial charge in [-0.25, -0.2) is 14.8 Å². The fourth-order valence-electron chi connectivity index (χ4n) is 8.84. The number of likely N-dealkylation sites (N-methyl/N-ethyl adjacent to an activating group) is 2. The van der Waals surface area contributed by atoms with Crippen LogP contribution in [0.1, 0.15) is 78.2 Å². The Kier molecular flexibility index (Phi) is 11.7. The summed E-state index contributed by atoms with van der Waals surface area (Å²) in [6, 6.07) is 27.4. The Bertz CT molecular complexity index is 2540. The number of carboxylic acid groups (broad SMARTS) is 1. The summed E-state index contributed by atoms with van der Waals surface area (Å²) in [5.41, 5.74) is 5.06. The molecule has 12 nitrogen and oxygen atoms in total. The second kappa shape index (κ2) is 17.3. The summed E-state index contributed by atoms with van der Waals surface area (Å²) in [7, 11) is 4.64. The largest absolute Gasteiger partial charge is 0.465 e. The number of benzene rings is 4. The molecule has 6 aromatic rings. The molecule has 320 valence electrons. The molecule has 2 aliphatic rings. The number of carbonyl (C=O) groups excluding carboxylic acids is 2. The number of H-pyrrole nitrogens is 2. The molecule has 2 fully saturated rings. The van der Waals surface area contributed by atoms with E-state index in [9.17, 15) is 32.7 Å². The van der Waals surface area contributed by atoms with Crippen molar-refractivity contribution in [3.8, 4) is 33.6 Å². The highest BCUT2D eigenvalue weighted by Gasteiger charge is 2.42. The lowest BCUT2D eigenvalue weighted by Gasteiger charge is -2.32. The van der Waals surface area contributed by atoms with E-state index in [1.807, 2.05) is 54.6 Å². The number of amides is 3. The van der Waals surface area contributed by atoms with Crippen LogP contribution in [-0.4, -0.2) is 96.8 Å². The standard InChI is InChI=1S/C47H47F3N8O4/c1-55(2)41(34-13-7-8-14-35(34)47(48,49)50)45(60)58-26-10-16-39(58)43-52-28-37(54-43)32-23-19-30(20-24-32)29-17-21-31(22-18-29)36-27-51-42(53-36)38-15-9-25-57(38)44(59)40(56(3)46(61)62)33-11-5-4-6-12-33/h4-8,11-14,17-24,27-28,38-41H,9-10,15-16,25-26H2,1-3H3,(H,51,53)(H,52,54)(H,61,62)/t38-,39-,40+,41?/m0/s1. The maximum atomic E-state index is 14.0. The lowest BCUT2D eigenvalue weighted by Crippen LogP contribution is -2.43. The van der Waals surface area contributed by atoms with E-state index in [0.717, 1.165) is 51.0 Å². The number of aromatic amines is 2. The summed E-state index contributed by atoms with van der Waals surface area (Å²) in [4.78, 5) is 62.1. The van der Waals surface area contributed by atoms with E-state index in [2.05, 4.69) is 19.9 Å². The first-order chi connectivity index (χ1) is 29.8.